The van der Waals surface area contributed by atoms with E-state index in [0.29, 0.717) is 21.8 Å². The van der Waals surface area contributed by atoms with E-state index in [0.717, 1.165) is 0 Å². The zero-order chi connectivity index (χ0) is 19.0. The highest BCUT2D eigenvalue weighted by Gasteiger charge is 2.43. The van der Waals surface area contributed by atoms with Crippen LogP contribution in [0.5, 0.6) is 0 Å². The lowest BCUT2D eigenvalue weighted by atomic mass is 9.82. The summed E-state index contributed by atoms with van der Waals surface area (Å²) in [6.07, 6.45) is 3.32. The van der Waals surface area contributed by atoms with Crippen molar-refractivity contribution in [3.05, 3.63) is 111 Å². The lowest BCUT2D eigenvalue weighted by Crippen LogP contribution is -2.32. The normalized spacial score (nSPS) is 18.5. The van der Waals surface area contributed by atoms with Crippen molar-refractivity contribution in [2.45, 2.75) is 12.0 Å². The highest BCUT2D eigenvalue weighted by Crippen LogP contribution is 2.43. The number of Topliss-reactive ketones (excluding diaryl/α,β-unsaturated/α-hetero) is 1. The summed E-state index contributed by atoms with van der Waals surface area (Å²) in [5, 5.41) is 12.4. The Labute approximate surface area is 160 Å². The van der Waals surface area contributed by atoms with Crippen LogP contribution in [-0.2, 0) is 0 Å². The van der Waals surface area contributed by atoms with E-state index in [-0.39, 0.29) is 11.5 Å². The van der Waals surface area contributed by atoms with Crippen LogP contribution in [-0.4, -0.2) is 15.3 Å². The summed E-state index contributed by atoms with van der Waals surface area (Å²) in [6, 6.07) is 18.5. The third-order valence-electron chi connectivity index (χ3n) is 4.81. The highest BCUT2D eigenvalue weighted by molar-refractivity contribution is 6.30. The molecular formula is C21H15ClN2O3. The van der Waals surface area contributed by atoms with E-state index in [2.05, 4.69) is 0 Å². The van der Waals surface area contributed by atoms with Gasteiger partial charge in [0.1, 0.15) is 12.0 Å². The van der Waals surface area contributed by atoms with E-state index < -0.39 is 16.9 Å². The van der Waals surface area contributed by atoms with Crippen molar-refractivity contribution >= 4 is 23.5 Å². The average molecular weight is 379 g/mol. The Hall–Kier alpha value is -3.18. The monoisotopic (exact) mass is 378 g/mol. The van der Waals surface area contributed by atoms with E-state index in [4.69, 9.17) is 11.6 Å². The summed E-state index contributed by atoms with van der Waals surface area (Å²) >= 11 is 5.99. The topological polar surface area (TPSA) is 65.1 Å². The number of carbonyl (C=O) groups is 1. The Morgan fingerprint density at radius 2 is 1.70 bits per heavy atom. The second-order valence-electron chi connectivity index (χ2n) is 6.37. The van der Waals surface area contributed by atoms with Gasteiger partial charge in [0.2, 0.25) is 0 Å². The second kappa shape index (κ2) is 6.85. The number of aromatic nitrogens is 1. The number of hydrogen-bond acceptors (Lipinski definition) is 3. The van der Waals surface area contributed by atoms with Gasteiger partial charge in [0, 0.05) is 28.6 Å². The fraction of sp³-hybridized carbons (Fsp3) is 0.0952. The van der Waals surface area contributed by atoms with Gasteiger partial charge in [0.05, 0.1) is 4.92 Å². The molecule has 134 valence electrons. The molecule has 5 nitrogen and oxygen atoms in total. The van der Waals surface area contributed by atoms with Gasteiger partial charge in [-0.05, 0) is 29.8 Å². The van der Waals surface area contributed by atoms with Crippen LogP contribution in [0.1, 0.15) is 33.6 Å². The molecule has 0 bridgehead atoms. The van der Waals surface area contributed by atoms with Crippen LogP contribution in [0.2, 0.25) is 5.02 Å². The molecule has 2 unspecified atom stereocenters. The maximum absolute atomic E-state index is 13.4. The molecule has 0 N–H and O–H groups in total. The van der Waals surface area contributed by atoms with E-state index in [1.807, 2.05) is 10.6 Å². The van der Waals surface area contributed by atoms with E-state index in [9.17, 15) is 14.9 Å². The molecule has 1 aromatic heterocycles. The molecule has 1 aliphatic rings. The number of fused-ring (bicyclic) bond motifs is 1. The first-order valence-corrected chi connectivity index (χ1v) is 8.81. The molecule has 0 spiro atoms. The molecule has 2 atom stereocenters. The van der Waals surface area contributed by atoms with E-state index in [1.54, 1.807) is 66.9 Å². The molecule has 0 aliphatic carbocycles. The predicted molar refractivity (Wildman–Crippen MR) is 103 cm³/mol. The standard InChI is InChI=1S/C21H15ClN2O3/c22-16-10-8-14(9-11-16)19-18(24(26)27)13-17-7-4-12-23(17)20(19)21(25)15-5-2-1-3-6-15/h1-13,19-20H. The number of rotatable bonds is 4. The Morgan fingerprint density at radius 1 is 1.00 bits per heavy atom. The van der Waals surface area contributed by atoms with Crippen molar-refractivity contribution in [2.75, 3.05) is 0 Å². The fourth-order valence-electron chi connectivity index (χ4n) is 3.59. The molecule has 0 amide bonds. The molecule has 0 saturated carbocycles. The maximum Gasteiger partial charge on any atom is 0.258 e. The lowest BCUT2D eigenvalue weighted by Gasteiger charge is -2.30. The molecule has 0 fully saturated rings. The van der Waals surface area contributed by atoms with Crippen LogP contribution in [0.25, 0.3) is 6.08 Å². The fourth-order valence-corrected chi connectivity index (χ4v) is 3.71. The highest BCUT2D eigenvalue weighted by atomic mass is 35.5. The predicted octanol–water partition coefficient (Wildman–Crippen LogP) is 4.98. The van der Waals surface area contributed by atoms with Crippen molar-refractivity contribution in [1.29, 1.82) is 0 Å². The van der Waals surface area contributed by atoms with Gasteiger partial charge in [-0.2, -0.15) is 0 Å². The smallest absolute Gasteiger partial charge is 0.258 e. The molecule has 0 radical (unpaired) electrons. The zero-order valence-corrected chi connectivity index (χ0v) is 14.9. The van der Waals surface area contributed by atoms with Crippen LogP contribution in [0, 0.1) is 10.1 Å². The van der Waals surface area contributed by atoms with Gasteiger partial charge >= 0.3 is 0 Å². The van der Waals surface area contributed by atoms with Crippen molar-refractivity contribution in [3.8, 4) is 0 Å². The van der Waals surface area contributed by atoms with E-state index >= 15 is 0 Å². The molecule has 2 heterocycles. The molecule has 6 heteroatoms. The third kappa shape index (κ3) is 3.06. The summed E-state index contributed by atoms with van der Waals surface area (Å²) in [5.74, 6) is -0.884. The minimum absolute atomic E-state index is 0.00203. The van der Waals surface area contributed by atoms with Crippen molar-refractivity contribution < 1.29 is 9.72 Å². The number of allylic oxidation sites excluding steroid dienone is 1. The van der Waals surface area contributed by atoms with Crippen LogP contribution < -0.4 is 0 Å². The average Bonchev–Trinajstić information content (AvgIpc) is 3.15. The molecule has 0 saturated heterocycles. The van der Waals surface area contributed by atoms with Gasteiger partial charge in [-0.15, -0.1) is 0 Å². The van der Waals surface area contributed by atoms with Crippen LogP contribution in [0.3, 0.4) is 0 Å². The molecule has 3 aromatic rings. The summed E-state index contributed by atoms with van der Waals surface area (Å²) in [6.45, 7) is 0. The second-order valence-corrected chi connectivity index (χ2v) is 6.81. The van der Waals surface area contributed by atoms with Crippen LogP contribution in [0.15, 0.2) is 78.6 Å². The number of ketones is 1. The molecule has 4 rings (SSSR count). The molecular weight excluding hydrogens is 364 g/mol. The quantitative estimate of drug-likeness (QED) is 0.365. The largest absolute Gasteiger partial charge is 0.336 e. The van der Waals surface area contributed by atoms with Crippen LogP contribution in [0.4, 0.5) is 0 Å². The van der Waals surface area contributed by atoms with Crippen molar-refractivity contribution in [3.63, 3.8) is 0 Å². The SMILES string of the molecule is O=C(c1ccccc1)C1C(c2ccc(Cl)cc2)C([N+](=O)[O-])=Cc2cccn21. The number of nitrogens with zero attached hydrogens (tertiary/aromatic N) is 2. The Kier molecular flexibility index (Phi) is 4.38. The van der Waals surface area contributed by atoms with Gasteiger partial charge in [-0.25, -0.2) is 0 Å². The summed E-state index contributed by atoms with van der Waals surface area (Å²) in [4.78, 5) is 24.8. The zero-order valence-electron chi connectivity index (χ0n) is 14.2. The number of benzene rings is 2. The first kappa shape index (κ1) is 17.2. The van der Waals surface area contributed by atoms with Gasteiger partial charge in [0.25, 0.3) is 5.70 Å². The number of hydrogen-bond donors (Lipinski definition) is 0. The summed E-state index contributed by atoms with van der Waals surface area (Å²) in [5.41, 5.74) is 1.83. The Bertz CT molecular complexity index is 1040. The van der Waals surface area contributed by atoms with E-state index in [1.165, 1.54) is 6.08 Å². The number of halogens is 1. The van der Waals surface area contributed by atoms with Crippen molar-refractivity contribution in [1.82, 2.24) is 4.57 Å². The first-order chi connectivity index (χ1) is 13.1. The maximum atomic E-state index is 13.4. The molecule has 1 aliphatic heterocycles. The van der Waals surface area contributed by atoms with Gasteiger partial charge in [-0.3, -0.25) is 14.9 Å². The third-order valence-corrected chi connectivity index (χ3v) is 5.06. The Morgan fingerprint density at radius 3 is 2.37 bits per heavy atom. The number of nitro groups is 1. The molecule has 27 heavy (non-hydrogen) atoms. The minimum Gasteiger partial charge on any atom is -0.336 e. The summed E-state index contributed by atoms with van der Waals surface area (Å²) < 4.78 is 1.81. The van der Waals surface area contributed by atoms with Gasteiger partial charge in [0.15, 0.2) is 5.78 Å². The number of carbonyl (C=O) groups excluding carboxylic acids is 1. The molecule has 2 aromatic carbocycles. The lowest BCUT2D eigenvalue weighted by molar-refractivity contribution is -0.429. The van der Waals surface area contributed by atoms with Gasteiger partial charge in [-0.1, -0.05) is 54.1 Å². The summed E-state index contributed by atoms with van der Waals surface area (Å²) in [7, 11) is 0. The van der Waals surface area contributed by atoms with Gasteiger partial charge < -0.3 is 4.57 Å². The van der Waals surface area contributed by atoms with Crippen molar-refractivity contribution in [2.24, 2.45) is 0 Å². The first-order valence-electron chi connectivity index (χ1n) is 8.44. The Balaban J connectivity index is 1.91. The van der Waals surface area contributed by atoms with Crippen LogP contribution >= 0.6 is 11.6 Å². The minimum atomic E-state index is -0.746.